The van der Waals surface area contributed by atoms with Gasteiger partial charge in [-0.3, -0.25) is 4.79 Å². The molecule has 0 unspecified atom stereocenters. The van der Waals surface area contributed by atoms with Crippen molar-refractivity contribution in [3.8, 4) is 0 Å². The van der Waals surface area contributed by atoms with Crippen LogP contribution in [-0.2, 0) is 5.75 Å². The summed E-state index contributed by atoms with van der Waals surface area (Å²) in [6.45, 7) is 0. The Balaban J connectivity index is 1.63. The molecule has 0 radical (unpaired) electrons. The van der Waals surface area contributed by atoms with Gasteiger partial charge in [-0.25, -0.2) is 9.97 Å². The fraction of sp³-hybridized carbons (Fsp3) is 0.0625. The van der Waals surface area contributed by atoms with Crippen molar-refractivity contribution < 1.29 is 0 Å². The highest BCUT2D eigenvalue weighted by Crippen LogP contribution is 2.30. The number of thiazole rings is 1. The standard InChI is InChI=1S/C16H10ClN3OS2/c17-9-5-6-10-12(7-9)18-14(20-15(10)21)8-22-16-19-11-3-1-2-4-13(11)23-16/h1-7H,8H2,(H,18,20,21). The predicted molar refractivity (Wildman–Crippen MR) is 96.6 cm³/mol. The van der Waals surface area contributed by atoms with E-state index in [4.69, 9.17) is 11.6 Å². The summed E-state index contributed by atoms with van der Waals surface area (Å²) in [5, 5.41) is 1.11. The second kappa shape index (κ2) is 5.96. The van der Waals surface area contributed by atoms with E-state index >= 15 is 0 Å². The van der Waals surface area contributed by atoms with Gasteiger partial charge in [-0.05, 0) is 30.3 Å². The first kappa shape index (κ1) is 14.7. The van der Waals surface area contributed by atoms with Crippen LogP contribution in [0.3, 0.4) is 0 Å². The van der Waals surface area contributed by atoms with E-state index in [0.717, 1.165) is 14.6 Å². The van der Waals surface area contributed by atoms with E-state index in [1.54, 1.807) is 41.3 Å². The Bertz CT molecular complexity index is 1040. The van der Waals surface area contributed by atoms with Crippen LogP contribution in [0.5, 0.6) is 0 Å². The summed E-state index contributed by atoms with van der Waals surface area (Å²) in [6.07, 6.45) is 0. The van der Waals surface area contributed by atoms with Crippen LogP contribution in [0.1, 0.15) is 5.82 Å². The number of fused-ring (bicyclic) bond motifs is 2. The zero-order valence-electron chi connectivity index (χ0n) is 11.7. The molecule has 114 valence electrons. The first-order valence-corrected chi connectivity index (χ1v) is 9.04. The van der Waals surface area contributed by atoms with Gasteiger partial charge >= 0.3 is 0 Å². The molecule has 2 heterocycles. The third kappa shape index (κ3) is 2.97. The molecule has 0 spiro atoms. The van der Waals surface area contributed by atoms with Gasteiger partial charge in [0.15, 0.2) is 4.34 Å². The lowest BCUT2D eigenvalue weighted by molar-refractivity contribution is 1.04. The lowest BCUT2D eigenvalue weighted by Crippen LogP contribution is -2.11. The number of hydrogen-bond donors (Lipinski definition) is 1. The fourth-order valence-electron chi connectivity index (χ4n) is 2.27. The number of H-pyrrole nitrogens is 1. The number of para-hydroxylation sites is 1. The van der Waals surface area contributed by atoms with Crippen molar-refractivity contribution >= 4 is 55.8 Å². The first-order valence-electron chi connectivity index (χ1n) is 6.86. The molecule has 23 heavy (non-hydrogen) atoms. The normalized spacial score (nSPS) is 11.3. The van der Waals surface area contributed by atoms with Crippen LogP contribution in [0.15, 0.2) is 51.6 Å². The third-order valence-electron chi connectivity index (χ3n) is 3.32. The largest absolute Gasteiger partial charge is 0.309 e. The van der Waals surface area contributed by atoms with Gasteiger partial charge in [-0.2, -0.15) is 0 Å². The summed E-state index contributed by atoms with van der Waals surface area (Å²) in [4.78, 5) is 24.0. The number of benzene rings is 2. The van der Waals surface area contributed by atoms with Crippen molar-refractivity contribution in [2.24, 2.45) is 0 Å². The fourth-order valence-corrected chi connectivity index (χ4v) is 4.38. The maximum Gasteiger partial charge on any atom is 0.258 e. The van der Waals surface area contributed by atoms with Crippen molar-refractivity contribution in [2.75, 3.05) is 0 Å². The number of nitrogens with zero attached hydrogens (tertiary/aromatic N) is 2. The molecule has 0 aliphatic heterocycles. The molecule has 4 aromatic rings. The number of aromatic nitrogens is 3. The molecule has 0 aliphatic rings. The van der Waals surface area contributed by atoms with Gasteiger partial charge in [0.25, 0.3) is 5.56 Å². The van der Waals surface area contributed by atoms with Gasteiger partial charge in [0, 0.05) is 5.02 Å². The van der Waals surface area contributed by atoms with Crippen LogP contribution in [-0.4, -0.2) is 15.0 Å². The molecular weight excluding hydrogens is 350 g/mol. The summed E-state index contributed by atoms with van der Waals surface area (Å²) < 4.78 is 2.11. The molecule has 0 amide bonds. The monoisotopic (exact) mass is 359 g/mol. The van der Waals surface area contributed by atoms with E-state index in [0.29, 0.717) is 27.5 Å². The molecule has 1 N–H and O–H groups in total. The number of aromatic amines is 1. The van der Waals surface area contributed by atoms with Gasteiger partial charge in [0.05, 0.1) is 26.9 Å². The SMILES string of the molecule is O=c1[nH]c(CSc2nc3ccccc3s2)nc2cc(Cl)ccc12. The molecule has 7 heteroatoms. The minimum Gasteiger partial charge on any atom is -0.309 e. The predicted octanol–water partition coefficient (Wildman–Crippen LogP) is 4.48. The van der Waals surface area contributed by atoms with E-state index in [9.17, 15) is 4.79 Å². The van der Waals surface area contributed by atoms with Crippen LogP contribution >= 0.6 is 34.7 Å². The molecule has 0 saturated carbocycles. The Morgan fingerprint density at radius 3 is 2.87 bits per heavy atom. The summed E-state index contributed by atoms with van der Waals surface area (Å²) >= 11 is 9.18. The Morgan fingerprint density at radius 2 is 2.00 bits per heavy atom. The summed E-state index contributed by atoms with van der Waals surface area (Å²) in [5.74, 6) is 1.17. The highest BCUT2D eigenvalue weighted by atomic mass is 35.5. The molecule has 2 aromatic carbocycles. The van der Waals surface area contributed by atoms with Crippen molar-refractivity contribution in [1.82, 2.24) is 15.0 Å². The van der Waals surface area contributed by atoms with Crippen molar-refractivity contribution in [1.29, 1.82) is 0 Å². The van der Waals surface area contributed by atoms with Crippen molar-refractivity contribution in [3.63, 3.8) is 0 Å². The molecule has 4 nitrogen and oxygen atoms in total. The molecule has 0 aliphatic carbocycles. The third-order valence-corrected chi connectivity index (χ3v) is 5.75. The maximum absolute atomic E-state index is 12.1. The van der Waals surface area contributed by atoms with Crippen LogP contribution in [0.4, 0.5) is 0 Å². The zero-order valence-corrected chi connectivity index (χ0v) is 14.1. The van der Waals surface area contributed by atoms with Crippen LogP contribution in [0.2, 0.25) is 5.02 Å². The zero-order chi connectivity index (χ0) is 15.8. The molecular formula is C16H10ClN3OS2. The maximum atomic E-state index is 12.1. The van der Waals surface area contributed by atoms with Gasteiger partial charge in [-0.15, -0.1) is 11.3 Å². The minimum absolute atomic E-state index is 0.147. The van der Waals surface area contributed by atoms with E-state index in [1.165, 1.54) is 0 Å². The van der Waals surface area contributed by atoms with Crippen LogP contribution < -0.4 is 5.56 Å². The Hall–Kier alpha value is -1.89. The van der Waals surface area contributed by atoms with Crippen LogP contribution in [0.25, 0.3) is 21.1 Å². The molecule has 2 aromatic heterocycles. The van der Waals surface area contributed by atoms with Gasteiger partial charge < -0.3 is 4.98 Å². The number of thioether (sulfide) groups is 1. The molecule has 0 saturated heterocycles. The number of hydrogen-bond acceptors (Lipinski definition) is 5. The number of halogens is 1. The lowest BCUT2D eigenvalue weighted by Gasteiger charge is -2.02. The molecule has 0 fully saturated rings. The van der Waals surface area contributed by atoms with Crippen molar-refractivity contribution in [2.45, 2.75) is 10.1 Å². The lowest BCUT2D eigenvalue weighted by atomic mass is 10.2. The van der Waals surface area contributed by atoms with E-state index < -0.39 is 0 Å². The second-order valence-corrected chi connectivity index (χ2v) is 7.60. The van der Waals surface area contributed by atoms with E-state index in [2.05, 4.69) is 21.0 Å². The molecule has 0 bridgehead atoms. The average molecular weight is 360 g/mol. The summed E-state index contributed by atoms with van der Waals surface area (Å²) in [7, 11) is 0. The van der Waals surface area contributed by atoms with E-state index in [1.807, 2.05) is 18.2 Å². The van der Waals surface area contributed by atoms with E-state index in [-0.39, 0.29) is 5.56 Å². The number of nitrogens with one attached hydrogen (secondary N) is 1. The Labute approximate surface area is 144 Å². The smallest absolute Gasteiger partial charge is 0.258 e. The van der Waals surface area contributed by atoms with Gasteiger partial charge in [0.1, 0.15) is 5.82 Å². The average Bonchev–Trinajstić information content (AvgIpc) is 2.95. The summed E-state index contributed by atoms with van der Waals surface area (Å²) in [5.41, 5.74) is 1.46. The molecule has 4 rings (SSSR count). The second-order valence-electron chi connectivity index (χ2n) is 4.91. The van der Waals surface area contributed by atoms with Gasteiger partial charge in [0.2, 0.25) is 0 Å². The van der Waals surface area contributed by atoms with Crippen LogP contribution in [0, 0.1) is 0 Å². The quantitative estimate of drug-likeness (QED) is 0.548. The minimum atomic E-state index is -0.147. The topological polar surface area (TPSA) is 58.6 Å². The highest BCUT2D eigenvalue weighted by molar-refractivity contribution is 8.00. The summed E-state index contributed by atoms with van der Waals surface area (Å²) in [6, 6.07) is 13.1. The Morgan fingerprint density at radius 1 is 1.13 bits per heavy atom. The Kier molecular flexibility index (Phi) is 3.80. The number of rotatable bonds is 3. The molecule has 0 atom stereocenters. The highest BCUT2D eigenvalue weighted by Gasteiger charge is 2.08. The first-order chi connectivity index (χ1) is 11.2. The van der Waals surface area contributed by atoms with Gasteiger partial charge in [-0.1, -0.05) is 35.5 Å². The van der Waals surface area contributed by atoms with Crippen molar-refractivity contribution in [3.05, 3.63) is 63.7 Å².